The van der Waals surface area contributed by atoms with E-state index < -0.39 is 10.2 Å². The van der Waals surface area contributed by atoms with E-state index in [1.807, 2.05) is 30.3 Å². The first-order valence-electron chi connectivity index (χ1n) is 8.39. The number of nitrogens with zero attached hydrogens (tertiary/aromatic N) is 2. The maximum Gasteiger partial charge on any atom is 0.279 e. The summed E-state index contributed by atoms with van der Waals surface area (Å²) in [6.07, 6.45) is 0. The van der Waals surface area contributed by atoms with Crippen molar-refractivity contribution in [2.75, 3.05) is 38.1 Å². The molecule has 8 heteroatoms. The molecule has 1 N–H and O–H groups in total. The van der Waals surface area contributed by atoms with Crippen LogP contribution in [-0.4, -0.2) is 45.9 Å². The molecule has 0 radical (unpaired) electrons. The third kappa shape index (κ3) is 4.51. The number of benzene rings is 2. The SMILES string of the molecule is CNS(=O)(=O)N1CCN(c2cccc(OCc3cccc(F)c3)c2)CC1. The van der Waals surface area contributed by atoms with E-state index in [9.17, 15) is 12.8 Å². The summed E-state index contributed by atoms with van der Waals surface area (Å²) in [4.78, 5) is 2.12. The minimum Gasteiger partial charge on any atom is -0.489 e. The molecule has 0 amide bonds. The highest BCUT2D eigenvalue weighted by atomic mass is 32.2. The van der Waals surface area contributed by atoms with Gasteiger partial charge in [-0.05, 0) is 29.8 Å². The molecule has 0 spiro atoms. The molecule has 140 valence electrons. The first-order chi connectivity index (χ1) is 12.5. The second kappa shape index (κ2) is 8.03. The Kier molecular flexibility index (Phi) is 5.75. The molecule has 1 aliphatic rings. The van der Waals surface area contributed by atoms with Crippen molar-refractivity contribution in [3.8, 4) is 5.75 Å². The van der Waals surface area contributed by atoms with Crippen molar-refractivity contribution in [1.82, 2.24) is 9.03 Å². The highest BCUT2D eigenvalue weighted by Crippen LogP contribution is 2.23. The minimum atomic E-state index is -3.38. The van der Waals surface area contributed by atoms with E-state index in [0.717, 1.165) is 11.3 Å². The molecular weight excluding hydrogens is 357 g/mol. The van der Waals surface area contributed by atoms with E-state index in [1.54, 1.807) is 6.07 Å². The van der Waals surface area contributed by atoms with Gasteiger partial charge in [0, 0.05) is 45.0 Å². The van der Waals surface area contributed by atoms with Gasteiger partial charge in [0.25, 0.3) is 10.2 Å². The lowest BCUT2D eigenvalue weighted by molar-refractivity contribution is 0.305. The van der Waals surface area contributed by atoms with Gasteiger partial charge in [-0.2, -0.15) is 12.7 Å². The lowest BCUT2D eigenvalue weighted by atomic mass is 10.2. The molecule has 1 saturated heterocycles. The van der Waals surface area contributed by atoms with E-state index in [0.29, 0.717) is 31.9 Å². The van der Waals surface area contributed by atoms with Crippen LogP contribution in [0.15, 0.2) is 48.5 Å². The number of hydrogen-bond acceptors (Lipinski definition) is 4. The third-order valence-electron chi connectivity index (χ3n) is 4.31. The smallest absolute Gasteiger partial charge is 0.279 e. The quantitative estimate of drug-likeness (QED) is 0.834. The fourth-order valence-corrected chi connectivity index (χ4v) is 3.78. The molecule has 0 atom stereocenters. The molecule has 2 aromatic rings. The normalized spacial score (nSPS) is 15.8. The van der Waals surface area contributed by atoms with Crippen molar-refractivity contribution in [3.63, 3.8) is 0 Å². The summed E-state index contributed by atoms with van der Waals surface area (Å²) >= 11 is 0. The highest BCUT2D eigenvalue weighted by molar-refractivity contribution is 7.87. The first kappa shape index (κ1) is 18.6. The monoisotopic (exact) mass is 379 g/mol. The maximum absolute atomic E-state index is 13.2. The number of hydrogen-bond donors (Lipinski definition) is 1. The maximum atomic E-state index is 13.2. The fraction of sp³-hybridized carbons (Fsp3) is 0.333. The Balaban J connectivity index is 1.61. The summed E-state index contributed by atoms with van der Waals surface area (Å²) in [6, 6.07) is 14.0. The van der Waals surface area contributed by atoms with E-state index in [-0.39, 0.29) is 12.4 Å². The van der Waals surface area contributed by atoms with Crippen molar-refractivity contribution < 1.29 is 17.5 Å². The van der Waals surface area contributed by atoms with E-state index in [1.165, 1.54) is 23.5 Å². The van der Waals surface area contributed by atoms with Crippen molar-refractivity contribution in [2.24, 2.45) is 0 Å². The van der Waals surface area contributed by atoms with Gasteiger partial charge in [-0.25, -0.2) is 9.11 Å². The number of nitrogens with one attached hydrogen (secondary N) is 1. The molecule has 1 fully saturated rings. The van der Waals surface area contributed by atoms with Crippen LogP contribution in [-0.2, 0) is 16.8 Å². The fourth-order valence-electron chi connectivity index (χ4n) is 2.88. The first-order valence-corrected chi connectivity index (χ1v) is 9.83. The molecule has 26 heavy (non-hydrogen) atoms. The Morgan fingerprint density at radius 1 is 1.08 bits per heavy atom. The molecule has 0 bridgehead atoms. The van der Waals surface area contributed by atoms with Gasteiger partial charge in [0.1, 0.15) is 18.2 Å². The van der Waals surface area contributed by atoms with Crippen LogP contribution in [0.5, 0.6) is 5.75 Å². The Labute approximate surface area is 153 Å². The van der Waals surface area contributed by atoms with Gasteiger partial charge in [0.05, 0.1) is 0 Å². The topological polar surface area (TPSA) is 61.9 Å². The van der Waals surface area contributed by atoms with E-state index >= 15 is 0 Å². The average Bonchev–Trinajstić information content (AvgIpc) is 2.67. The van der Waals surface area contributed by atoms with Crippen LogP contribution in [0, 0.1) is 5.82 Å². The van der Waals surface area contributed by atoms with Crippen LogP contribution >= 0.6 is 0 Å². The van der Waals surface area contributed by atoms with Crippen molar-refractivity contribution in [1.29, 1.82) is 0 Å². The minimum absolute atomic E-state index is 0.283. The number of anilines is 1. The lowest BCUT2D eigenvalue weighted by Gasteiger charge is -2.35. The average molecular weight is 379 g/mol. The zero-order chi connectivity index (χ0) is 18.6. The molecule has 2 aromatic carbocycles. The summed E-state index contributed by atoms with van der Waals surface area (Å²) in [7, 11) is -1.96. The summed E-state index contributed by atoms with van der Waals surface area (Å²) in [5.41, 5.74) is 1.74. The zero-order valence-corrected chi connectivity index (χ0v) is 15.4. The van der Waals surface area contributed by atoms with E-state index in [4.69, 9.17) is 4.74 Å². The Bertz CT molecular complexity index is 852. The molecule has 6 nitrogen and oxygen atoms in total. The van der Waals surface area contributed by atoms with Gasteiger partial charge in [-0.15, -0.1) is 0 Å². The van der Waals surface area contributed by atoms with Crippen molar-refractivity contribution in [2.45, 2.75) is 6.61 Å². The predicted molar refractivity (Wildman–Crippen MR) is 98.9 cm³/mol. The number of rotatable bonds is 6. The van der Waals surface area contributed by atoms with Gasteiger partial charge in [-0.3, -0.25) is 0 Å². The summed E-state index contributed by atoms with van der Waals surface area (Å²) in [5, 5.41) is 0. The van der Waals surface area contributed by atoms with Crippen molar-refractivity contribution >= 4 is 15.9 Å². The van der Waals surface area contributed by atoms with Crippen LogP contribution in [0.4, 0.5) is 10.1 Å². The number of ether oxygens (including phenoxy) is 1. The molecule has 0 aliphatic carbocycles. The van der Waals surface area contributed by atoms with Gasteiger partial charge in [0.15, 0.2) is 0 Å². The standard InChI is InChI=1S/C18H22FN3O3S/c1-20-26(23,24)22-10-8-21(9-11-22)17-6-3-7-18(13-17)25-14-15-4-2-5-16(19)12-15/h2-7,12-13,20H,8-11,14H2,1H3. The largest absolute Gasteiger partial charge is 0.489 e. The molecule has 1 aliphatic heterocycles. The van der Waals surface area contributed by atoms with Crippen LogP contribution in [0.3, 0.4) is 0 Å². The third-order valence-corrected chi connectivity index (χ3v) is 5.87. The number of piperazine rings is 1. The summed E-state index contributed by atoms with van der Waals surface area (Å²) in [6.45, 7) is 2.35. The van der Waals surface area contributed by atoms with Gasteiger partial charge in [-0.1, -0.05) is 18.2 Å². The van der Waals surface area contributed by atoms with Gasteiger partial charge in [0.2, 0.25) is 0 Å². The molecule has 3 rings (SSSR count). The zero-order valence-electron chi connectivity index (χ0n) is 14.6. The van der Waals surface area contributed by atoms with Gasteiger partial charge < -0.3 is 9.64 Å². The molecular formula is C18H22FN3O3S. The Hall–Kier alpha value is -2.16. The Morgan fingerprint density at radius 3 is 2.50 bits per heavy atom. The molecule has 0 unspecified atom stereocenters. The summed E-state index contributed by atoms with van der Waals surface area (Å²) < 4.78 is 46.5. The molecule has 0 saturated carbocycles. The second-order valence-corrected chi connectivity index (χ2v) is 7.89. The summed E-state index contributed by atoms with van der Waals surface area (Å²) in [5.74, 6) is 0.409. The lowest BCUT2D eigenvalue weighted by Crippen LogP contribution is -2.51. The predicted octanol–water partition coefficient (Wildman–Crippen LogP) is 1.99. The van der Waals surface area contributed by atoms with Crippen LogP contribution < -0.4 is 14.4 Å². The Morgan fingerprint density at radius 2 is 1.81 bits per heavy atom. The van der Waals surface area contributed by atoms with Crippen LogP contribution in [0.1, 0.15) is 5.56 Å². The van der Waals surface area contributed by atoms with Gasteiger partial charge >= 0.3 is 0 Å². The molecule has 0 aromatic heterocycles. The molecule has 1 heterocycles. The second-order valence-electron chi connectivity index (χ2n) is 6.01. The van der Waals surface area contributed by atoms with E-state index in [2.05, 4.69) is 9.62 Å². The number of halogens is 1. The van der Waals surface area contributed by atoms with Crippen LogP contribution in [0.25, 0.3) is 0 Å². The van der Waals surface area contributed by atoms with Crippen molar-refractivity contribution in [3.05, 3.63) is 59.9 Å². The van der Waals surface area contributed by atoms with Crippen LogP contribution in [0.2, 0.25) is 0 Å². The highest BCUT2D eigenvalue weighted by Gasteiger charge is 2.25.